The van der Waals surface area contributed by atoms with Gasteiger partial charge in [-0.3, -0.25) is 0 Å². The van der Waals surface area contributed by atoms with Gasteiger partial charge in [-0.15, -0.1) is 0 Å². The Kier molecular flexibility index (Phi) is 4.95. The van der Waals surface area contributed by atoms with E-state index < -0.39 is 0 Å². The molecule has 0 aliphatic rings. The van der Waals surface area contributed by atoms with Gasteiger partial charge < -0.3 is 10.5 Å². The van der Waals surface area contributed by atoms with Crippen LogP contribution in [0.3, 0.4) is 0 Å². The summed E-state index contributed by atoms with van der Waals surface area (Å²) in [6.07, 6.45) is 2.04. The van der Waals surface area contributed by atoms with Gasteiger partial charge in [0.25, 0.3) is 0 Å². The summed E-state index contributed by atoms with van der Waals surface area (Å²) in [5, 5.41) is 0. The highest BCUT2D eigenvalue weighted by atomic mass is 16.5. The van der Waals surface area contributed by atoms with Crippen LogP contribution >= 0.6 is 0 Å². The SMILES string of the molecule is Nc1ccc(CCc2ccc(OCc3ccccc3)cc2)cc1. The van der Waals surface area contributed by atoms with E-state index in [1.165, 1.54) is 16.7 Å². The standard InChI is InChI=1S/C21H21NO/c22-20-12-8-17(9-13-20)6-7-18-10-14-21(15-11-18)23-16-19-4-2-1-3-5-19/h1-5,8-15H,6-7,16,22H2. The average Bonchev–Trinajstić information content (AvgIpc) is 2.61. The molecule has 0 spiro atoms. The highest BCUT2D eigenvalue weighted by molar-refractivity contribution is 5.39. The molecule has 0 fully saturated rings. The van der Waals surface area contributed by atoms with Gasteiger partial charge in [0.2, 0.25) is 0 Å². The molecular weight excluding hydrogens is 282 g/mol. The van der Waals surface area contributed by atoms with Crippen LogP contribution < -0.4 is 10.5 Å². The summed E-state index contributed by atoms with van der Waals surface area (Å²) < 4.78 is 5.81. The largest absolute Gasteiger partial charge is 0.489 e. The van der Waals surface area contributed by atoms with E-state index in [2.05, 4.69) is 36.4 Å². The van der Waals surface area contributed by atoms with E-state index in [9.17, 15) is 0 Å². The molecule has 3 rings (SSSR count). The molecule has 0 aliphatic carbocycles. The normalized spacial score (nSPS) is 10.4. The number of ether oxygens (including phenoxy) is 1. The lowest BCUT2D eigenvalue weighted by Gasteiger charge is -2.08. The minimum Gasteiger partial charge on any atom is -0.489 e. The Bertz CT molecular complexity index is 718. The van der Waals surface area contributed by atoms with Crippen LogP contribution in [-0.4, -0.2) is 0 Å². The number of rotatable bonds is 6. The molecule has 0 radical (unpaired) electrons. The van der Waals surface area contributed by atoms with E-state index in [0.29, 0.717) is 6.61 Å². The predicted molar refractivity (Wildman–Crippen MR) is 95.5 cm³/mol. The van der Waals surface area contributed by atoms with Gasteiger partial charge in [-0.2, -0.15) is 0 Å². The molecule has 0 saturated carbocycles. The molecule has 0 aliphatic heterocycles. The van der Waals surface area contributed by atoms with Gasteiger partial charge in [-0.25, -0.2) is 0 Å². The molecule has 0 atom stereocenters. The maximum Gasteiger partial charge on any atom is 0.119 e. The quantitative estimate of drug-likeness (QED) is 0.674. The van der Waals surface area contributed by atoms with Gasteiger partial charge >= 0.3 is 0 Å². The van der Waals surface area contributed by atoms with Gasteiger partial charge in [0.05, 0.1) is 0 Å². The second kappa shape index (κ2) is 7.50. The third kappa shape index (κ3) is 4.62. The molecule has 0 saturated heterocycles. The third-order valence-electron chi connectivity index (χ3n) is 3.85. The zero-order chi connectivity index (χ0) is 15.9. The fourth-order valence-corrected chi connectivity index (χ4v) is 2.47. The molecule has 0 aromatic heterocycles. The molecule has 2 nitrogen and oxygen atoms in total. The van der Waals surface area contributed by atoms with E-state index in [1.807, 2.05) is 42.5 Å². The minimum atomic E-state index is 0.603. The van der Waals surface area contributed by atoms with Crippen LogP contribution in [-0.2, 0) is 19.4 Å². The zero-order valence-electron chi connectivity index (χ0n) is 13.1. The van der Waals surface area contributed by atoms with Crippen molar-refractivity contribution < 1.29 is 4.74 Å². The number of hydrogen-bond donors (Lipinski definition) is 1. The Balaban J connectivity index is 1.51. The van der Waals surface area contributed by atoms with Crippen molar-refractivity contribution in [2.24, 2.45) is 0 Å². The van der Waals surface area contributed by atoms with Gasteiger partial charge in [0, 0.05) is 5.69 Å². The van der Waals surface area contributed by atoms with Crippen molar-refractivity contribution in [2.75, 3.05) is 5.73 Å². The van der Waals surface area contributed by atoms with Gasteiger partial charge in [0.15, 0.2) is 0 Å². The molecule has 3 aromatic rings. The Morgan fingerprint density at radius 2 is 1.17 bits per heavy atom. The maximum atomic E-state index is 5.81. The Labute approximate surface area is 137 Å². The Morgan fingerprint density at radius 1 is 0.609 bits per heavy atom. The van der Waals surface area contributed by atoms with Gasteiger partial charge in [0.1, 0.15) is 12.4 Å². The van der Waals surface area contributed by atoms with E-state index >= 15 is 0 Å². The first-order valence-corrected chi connectivity index (χ1v) is 7.90. The topological polar surface area (TPSA) is 35.2 Å². The van der Waals surface area contributed by atoms with E-state index in [0.717, 1.165) is 24.3 Å². The lowest BCUT2D eigenvalue weighted by molar-refractivity contribution is 0.306. The molecule has 0 amide bonds. The number of aryl methyl sites for hydroxylation is 2. The fourth-order valence-electron chi connectivity index (χ4n) is 2.47. The van der Waals surface area contributed by atoms with Crippen molar-refractivity contribution >= 4 is 5.69 Å². The number of hydrogen-bond acceptors (Lipinski definition) is 2. The third-order valence-corrected chi connectivity index (χ3v) is 3.85. The first-order valence-electron chi connectivity index (χ1n) is 7.90. The second-order valence-electron chi connectivity index (χ2n) is 5.66. The van der Waals surface area contributed by atoms with Crippen LogP contribution in [0, 0.1) is 0 Å². The van der Waals surface area contributed by atoms with Gasteiger partial charge in [-0.05, 0) is 53.8 Å². The lowest BCUT2D eigenvalue weighted by atomic mass is 10.0. The summed E-state index contributed by atoms with van der Waals surface area (Å²) in [6.45, 7) is 0.603. The summed E-state index contributed by atoms with van der Waals surface area (Å²) >= 11 is 0. The summed E-state index contributed by atoms with van der Waals surface area (Å²) in [5.41, 5.74) is 10.3. The zero-order valence-corrected chi connectivity index (χ0v) is 13.1. The van der Waals surface area contributed by atoms with Crippen molar-refractivity contribution in [3.63, 3.8) is 0 Å². The minimum absolute atomic E-state index is 0.603. The smallest absolute Gasteiger partial charge is 0.119 e. The number of benzene rings is 3. The molecule has 0 unspecified atom stereocenters. The van der Waals surface area contributed by atoms with Crippen LogP contribution in [0.4, 0.5) is 5.69 Å². The molecule has 0 heterocycles. The van der Waals surface area contributed by atoms with Crippen LogP contribution in [0.15, 0.2) is 78.9 Å². The van der Waals surface area contributed by atoms with Crippen LogP contribution in [0.2, 0.25) is 0 Å². The van der Waals surface area contributed by atoms with Crippen molar-refractivity contribution in [1.82, 2.24) is 0 Å². The van der Waals surface area contributed by atoms with Crippen LogP contribution in [0.25, 0.3) is 0 Å². The van der Waals surface area contributed by atoms with Crippen molar-refractivity contribution in [2.45, 2.75) is 19.4 Å². The van der Waals surface area contributed by atoms with E-state index in [-0.39, 0.29) is 0 Å². The van der Waals surface area contributed by atoms with Crippen molar-refractivity contribution in [3.8, 4) is 5.75 Å². The van der Waals surface area contributed by atoms with Crippen molar-refractivity contribution in [1.29, 1.82) is 0 Å². The molecule has 2 N–H and O–H groups in total. The first kappa shape index (κ1) is 15.2. The highest BCUT2D eigenvalue weighted by Gasteiger charge is 1.99. The molecular formula is C21H21NO. The Hall–Kier alpha value is -2.74. The molecule has 116 valence electrons. The second-order valence-corrected chi connectivity index (χ2v) is 5.66. The fraction of sp³-hybridized carbons (Fsp3) is 0.143. The van der Waals surface area contributed by atoms with E-state index in [1.54, 1.807) is 0 Å². The highest BCUT2D eigenvalue weighted by Crippen LogP contribution is 2.16. The average molecular weight is 303 g/mol. The maximum absolute atomic E-state index is 5.81. The number of nitrogen functional groups attached to an aromatic ring is 1. The lowest BCUT2D eigenvalue weighted by Crippen LogP contribution is -1.96. The first-order chi connectivity index (χ1) is 11.3. The summed E-state index contributed by atoms with van der Waals surface area (Å²) in [5.74, 6) is 0.907. The predicted octanol–water partition coefficient (Wildman–Crippen LogP) is 4.63. The van der Waals surface area contributed by atoms with Crippen molar-refractivity contribution in [3.05, 3.63) is 95.6 Å². The van der Waals surface area contributed by atoms with E-state index in [4.69, 9.17) is 10.5 Å². The van der Waals surface area contributed by atoms with Crippen LogP contribution in [0.1, 0.15) is 16.7 Å². The number of nitrogens with two attached hydrogens (primary N) is 1. The summed E-state index contributed by atoms with van der Waals surface area (Å²) in [7, 11) is 0. The molecule has 23 heavy (non-hydrogen) atoms. The molecule has 2 heteroatoms. The van der Waals surface area contributed by atoms with Crippen LogP contribution in [0.5, 0.6) is 5.75 Å². The summed E-state index contributed by atoms with van der Waals surface area (Å²) in [4.78, 5) is 0. The Morgan fingerprint density at radius 3 is 1.78 bits per heavy atom. The molecule has 0 bridgehead atoms. The number of anilines is 1. The monoisotopic (exact) mass is 303 g/mol. The van der Waals surface area contributed by atoms with Gasteiger partial charge in [-0.1, -0.05) is 54.6 Å². The molecule has 3 aromatic carbocycles. The summed E-state index contributed by atoms with van der Waals surface area (Å²) in [6, 6.07) is 26.7.